The largest absolute Gasteiger partial charge is 0.339 e. The number of benzene rings is 2. The van der Waals surface area contributed by atoms with Gasteiger partial charge >= 0.3 is 0 Å². The van der Waals surface area contributed by atoms with Gasteiger partial charge in [-0.2, -0.15) is 5.26 Å². The molecule has 3 rings (SSSR count). The van der Waals surface area contributed by atoms with E-state index in [1.54, 1.807) is 12.1 Å². The van der Waals surface area contributed by atoms with Gasteiger partial charge in [0.25, 0.3) is 5.91 Å². The normalized spacial score (nSPS) is 19.8. The third-order valence-corrected chi connectivity index (χ3v) is 5.62. The molecule has 28 heavy (non-hydrogen) atoms. The smallest absolute Gasteiger partial charge is 0.252 e. The first-order chi connectivity index (χ1) is 13.5. The van der Waals surface area contributed by atoms with Crippen LogP contribution in [0.4, 0.5) is 4.39 Å². The molecule has 0 saturated heterocycles. The molecule has 1 fully saturated rings. The molecule has 2 aromatic carbocycles. The van der Waals surface area contributed by atoms with Crippen molar-refractivity contribution < 1.29 is 9.18 Å². The molecule has 4 nitrogen and oxygen atoms in total. The number of amides is 1. The highest BCUT2D eigenvalue weighted by Gasteiger charge is 2.27. The monoisotopic (exact) mass is 399 g/mol. The number of carbonyl (C=O) groups excluding carboxylic acids is 1. The summed E-state index contributed by atoms with van der Waals surface area (Å²) in [5.41, 5.74) is 2.76. The van der Waals surface area contributed by atoms with Gasteiger partial charge in [-0.25, -0.2) is 4.39 Å². The average Bonchev–Trinajstić information content (AvgIpc) is 3.16. The lowest BCUT2D eigenvalue weighted by Gasteiger charge is -2.20. The number of hydrogen-bond donors (Lipinski definition) is 2. The summed E-state index contributed by atoms with van der Waals surface area (Å²) in [4.78, 5) is 11.9. The van der Waals surface area contributed by atoms with Crippen LogP contribution in [0.5, 0.6) is 0 Å². The van der Waals surface area contributed by atoms with Gasteiger partial charge in [0.05, 0.1) is 11.1 Å². The molecule has 2 N–H and O–H groups in total. The van der Waals surface area contributed by atoms with E-state index in [2.05, 4.69) is 17.6 Å². The minimum Gasteiger partial charge on any atom is -0.339 e. The van der Waals surface area contributed by atoms with Crippen molar-refractivity contribution in [1.29, 1.82) is 5.26 Å². The summed E-state index contributed by atoms with van der Waals surface area (Å²) in [6, 6.07) is 14.8. The molecule has 0 aromatic heterocycles. The Bertz CT molecular complexity index is 878. The Morgan fingerprint density at radius 1 is 1.29 bits per heavy atom. The van der Waals surface area contributed by atoms with Gasteiger partial charge in [-0.05, 0) is 67.5 Å². The maximum absolute atomic E-state index is 13.4. The highest BCUT2D eigenvalue weighted by Crippen LogP contribution is 2.35. The lowest BCUT2D eigenvalue weighted by Crippen LogP contribution is -2.29. The van der Waals surface area contributed by atoms with Crippen LogP contribution in [0.2, 0.25) is 5.02 Å². The van der Waals surface area contributed by atoms with E-state index in [0.29, 0.717) is 17.5 Å². The Labute approximate surface area is 169 Å². The predicted octanol–water partition coefficient (Wildman–Crippen LogP) is 4.72. The molecule has 0 bridgehead atoms. The maximum atomic E-state index is 13.4. The number of nitriles is 1. The Balaban J connectivity index is 1.57. The van der Waals surface area contributed by atoms with Crippen LogP contribution in [-0.2, 0) is 0 Å². The highest BCUT2D eigenvalue weighted by molar-refractivity contribution is 6.30. The summed E-state index contributed by atoms with van der Waals surface area (Å²) < 4.78 is 13.4. The zero-order chi connectivity index (χ0) is 20.1. The van der Waals surface area contributed by atoms with Crippen LogP contribution in [0.15, 0.2) is 42.5 Å². The summed E-state index contributed by atoms with van der Waals surface area (Å²) in [7, 11) is 0. The van der Waals surface area contributed by atoms with E-state index in [9.17, 15) is 9.18 Å². The molecule has 6 heteroatoms. The van der Waals surface area contributed by atoms with Crippen molar-refractivity contribution in [3.63, 3.8) is 0 Å². The van der Waals surface area contributed by atoms with Crippen LogP contribution in [0.1, 0.15) is 59.6 Å². The third kappa shape index (κ3) is 4.89. The van der Waals surface area contributed by atoms with Gasteiger partial charge < -0.3 is 10.6 Å². The average molecular weight is 400 g/mol. The quantitative estimate of drug-likeness (QED) is 0.691. The van der Waals surface area contributed by atoms with E-state index in [4.69, 9.17) is 16.9 Å². The molecule has 0 heterocycles. The molecule has 0 aliphatic heterocycles. The van der Waals surface area contributed by atoms with Crippen molar-refractivity contribution >= 4 is 17.5 Å². The molecular weight excluding hydrogens is 377 g/mol. The fourth-order valence-corrected chi connectivity index (χ4v) is 3.98. The zero-order valence-electron chi connectivity index (χ0n) is 15.7. The Morgan fingerprint density at radius 2 is 2.04 bits per heavy atom. The minimum atomic E-state index is -0.400. The topological polar surface area (TPSA) is 64.9 Å². The van der Waals surface area contributed by atoms with E-state index in [0.717, 1.165) is 24.8 Å². The third-order valence-electron chi connectivity index (χ3n) is 5.33. The predicted molar refractivity (Wildman–Crippen MR) is 108 cm³/mol. The summed E-state index contributed by atoms with van der Waals surface area (Å²) in [5.74, 6) is -0.188. The molecule has 0 spiro atoms. The number of nitrogens with one attached hydrogen (secondary N) is 2. The SMILES string of the molecule is C[C@@H](N[C@H]1CCC(c2ccc(C(=O)NCC#N)cc2)C1)c1ccc(F)c(Cl)c1. The van der Waals surface area contributed by atoms with E-state index in [-0.39, 0.29) is 23.5 Å². The number of nitrogens with zero attached hydrogens (tertiary/aromatic N) is 1. The maximum Gasteiger partial charge on any atom is 0.252 e. The number of hydrogen-bond acceptors (Lipinski definition) is 3. The van der Waals surface area contributed by atoms with Crippen molar-refractivity contribution in [2.45, 2.75) is 44.2 Å². The first-order valence-electron chi connectivity index (χ1n) is 9.44. The van der Waals surface area contributed by atoms with Crippen molar-refractivity contribution in [1.82, 2.24) is 10.6 Å². The van der Waals surface area contributed by atoms with Crippen LogP contribution < -0.4 is 10.6 Å². The first kappa shape index (κ1) is 20.3. The lowest BCUT2D eigenvalue weighted by molar-refractivity contribution is 0.0958. The van der Waals surface area contributed by atoms with E-state index in [1.165, 1.54) is 11.6 Å². The molecule has 1 aliphatic carbocycles. The second-order valence-electron chi connectivity index (χ2n) is 7.23. The summed E-state index contributed by atoms with van der Waals surface area (Å²) in [6.07, 6.45) is 3.15. The van der Waals surface area contributed by atoms with Crippen molar-refractivity contribution in [2.24, 2.45) is 0 Å². The summed E-state index contributed by atoms with van der Waals surface area (Å²) in [6.45, 7) is 2.07. The van der Waals surface area contributed by atoms with Gasteiger partial charge in [-0.1, -0.05) is 29.8 Å². The van der Waals surface area contributed by atoms with E-state index < -0.39 is 5.82 Å². The Hall–Kier alpha value is -2.42. The molecule has 3 atom stereocenters. The molecule has 1 amide bonds. The lowest BCUT2D eigenvalue weighted by atomic mass is 9.96. The van der Waals surface area contributed by atoms with Crippen molar-refractivity contribution in [2.75, 3.05) is 6.54 Å². The molecule has 1 aliphatic rings. The van der Waals surface area contributed by atoms with Crippen LogP contribution in [0.25, 0.3) is 0 Å². The number of halogens is 2. The molecule has 1 unspecified atom stereocenters. The van der Waals surface area contributed by atoms with Crippen LogP contribution in [0, 0.1) is 17.1 Å². The van der Waals surface area contributed by atoms with Crippen LogP contribution in [0.3, 0.4) is 0 Å². The van der Waals surface area contributed by atoms with Gasteiger partial charge in [0.15, 0.2) is 0 Å². The Kier molecular flexibility index (Phi) is 6.66. The van der Waals surface area contributed by atoms with Gasteiger partial charge in [-0.3, -0.25) is 4.79 Å². The molecule has 2 aromatic rings. The van der Waals surface area contributed by atoms with Gasteiger partial charge in [-0.15, -0.1) is 0 Å². The Morgan fingerprint density at radius 3 is 2.71 bits per heavy atom. The van der Waals surface area contributed by atoms with Gasteiger partial charge in [0.1, 0.15) is 12.4 Å². The molecule has 0 radical (unpaired) electrons. The van der Waals surface area contributed by atoms with Crippen LogP contribution in [-0.4, -0.2) is 18.5 Å². The molecular formula is C22H23ClFN3O. The standard InChI is InChI=1S/C22H23ClFN3O/c1-14(17-7-9-21(24)20(23)13-17)27-19-8-6-18(12-19)15-2-4-16(5-3-15)22(28)26-11-10-25/h2-5,7,9,13-14,18-19,27H,6,8,11-12H2,1H3,(H,26,28)/t14-,18?,19+/m1/s1. The fraction of sp³-hybridized carbons (Fsp3) is 0.364. The van der Waals surface area contributed by atoms with E-state index in [1.807, 2.05) is 30.3 Å². The number of carbonyl (C=O) groups is 1. The second-order valence-corrected chi connectivity index (χ2v) is 7.64. The highest BCUT2D eigenvalue weighted by atomic mass is 35.5. The van der Waals surface area contributed by atoms with Crippen LogP contribution >= 0.6 is 11.6 Å². The molecule has 1 saturated carbocycles. The van der Waals surface area contributed by atoms with Gasteiger partial charge in [0, 0.05) is 17.6 Å². The first-order valence-corrected chi connectivity index (χ1v) is 9.82. The summed E-state index contributed by atoms with van der Waals surface area (Å²) in [5, 5.41) is 14.9. The fourth-order valence-electron chi connectivity index (χ4n) is 3.80. The summed E-state index contributed by atoms with van der Waals surface area (Å²) >= 11 is 5.89. The van der Waals surface area contributed by atoms with Crippen molar-refractivity contribution in [3.8, 4) is 6.07 Å². The zero-order valence-corrected chi connectivity index (χ0v) is 16.5. The van der Waals surface area contributed by atoms with E-state index >= 15 is 0 Å². The number of rotatable bonds is 6. The van der Waals surface area contributed by atoms with Gasteiger partial charge in [0.2, 0.25) is 0 Å². The van der Waals surface area contributed by atoms with Crippen molar-refractivity contribution in [3.05, 3.63) is 70.0 Å². The second kappa shape index (κ2) is 9.18. The minimum absolute atomic E-state index is 0.00795. The molecule has 146 valence electrons.